The van der Waals surface area contributed by atoms with Gasteiger partial charge in [-0.1, -0.05) is 58.9 Å². The lowest BCUT2D eigenvalue weighted by atomic mass is 9.83. The van der Waals surface area contributed by atoms with Crippen LogP contribution in [0, 0.1) is 9.42 Å². The highest BCUT2D eigenvalue weighted by molar-refractivity contribution is 7.71. The molecule has 146 valence electrons. The summed E-state index contributed by atoms with van der Waals surface area (Å²) in [6.45, 7) is 16.3. The molecule has 0 saturated carbocycles. The Morgan fingerprint density at radius 1 is 1.16 bits per heavy atom. The van der Waals surface area contributed by atoms with Crippen LogP contribution in [-0.2, 0) is 5.41 Å². The van der Waals surface area contributed by atoms with Crippen molar-refractivity contribution in [2.75, 3.05) is 52.1 Å². The first-order chi connectivity index (χ1) is 11.6. The van der Waals surface area contributed by atoms with E-state index in [-0.39, 0.29) is 17.4 Å². The van der Waals surface area contributed by atoms with Crippen molar-refractivity contribution in [1.29, 1.82) is 0 Å². The Labute approximate surface area is 158 Å². The summed E-state index contributed by atoms with van der Waals surface area (Å²) in [6.07, 6.45) is 0. The lowest BCUT2D eigenvalue weighted by molar-refractivity contribution is 0.373. The van der Waals surface area contributed by atoms with Gasteiger partial charge in [0.2, 0.25) is 5.43 Å². The summed E-state index contributed by atoms with van der Waals surface area (Å²) in [6, 6.07) is 0. The highest BCUT2D eigenvalue weighted by Crippen LogP contribution is 2.30. The number of rotatable bonds is 7. The molecule has 7 heteroatoms. The number of nitrogens with zero attached hydrogens (tertiary/aromatic N) is 2. The molecule has 1 aromatic rings. The van der Waals surface area contributed by atoms with Crippen LogP contribution in [0.5, 0.6) is 0 Å². The minimum atomic E-state index is -0.137. The first-order valence-corrected chi connectivity index (χ1v) is 9.22. The Kier molecular flexibility index (Phi) is 14.6. The van der Waals surface area contributed by atoms with E-state index in [2.05, 4.69) is 48.5 Å². The molecule has 1 rings (SSSR count). The molecule has 0 spiro atoms. The summed E-state index contributed by atoms with van der Waals surface area (Å²) in [7, 11) is 4.04. The molecule has 0 aliphatic heterocycles. The predicted octanol–water partition coefficient (Wildman–Crippen LogP) is 3.31. The van der Waals surface area contributed by atoms with E-state index < -0.39 is 0 Å². The van der Waals surface area contributed by atoms with Crippen LogP contribution in [0.2, 0.25) is 0 Å². The second-order valence-electron chi connectivity index (χ2n) is 6.63. The van der Waals surface area contributed by atoms with Gasteiger partial charge in [-0.2, -0.15) is 4.91 Å². The molecule has 0 saturated heterocycles. The SMILES string of the molecule is CC(C)(C)c1c(NCCN=O)c(=O)c1=S.CCN(C)CC.CCNC. The number of hydrogen-bond donors (Lipinski definition) is 2. The molecule has 0 amide bonds. The molecular weight excluding hydrogens is 336 g/mol. The first-order valence-electron chi connectivity index (χ1n) is 8.82. The average Bonchev–Trinajstić information content (AvgIpc) is 2.59. The Balaban J connectivity index is 0. The van der Waals surface area contributed by atoms with Gasteiger partial charge in [0.05, 0.1) is 16.7 Å². The standard InChI is InChI=1S/C10H14N2O2S.C5H13N.C3H9N/c1-10(2,3)6-7(8(13)9(6)15)11-4-5-12-14;1-4-6(3)5-2;1-3-4-2/h11H,4-5H2,1-3H3;4-5H2,1-3H3;4H,3H2,1-2H3. The molecule has 0 bridgehead atoms. The van der Waals surface area contributed by atoms with E-state index in [4.69, 9.17) is 12.2 Å². The fraction of sp³-hybridized carbons (Fsp3) is 0.778. The zero-order chi connectivity index (χ0) is 20.0. The van der Waals surface area contributed by atoms with Crippen molar-refractivity contribution in [3.63, 3.8) is 0 Å². The molecular formula is C18H36N4O2S. The van der Waals surface area contributed by atoms with Gasteiger partial charge in [-0.3, -0.25) is 4.79 Å². The summed E-state index contributed by atoms with van der Waals surface area (Å²) in [4.78, 5) is 23.6. The predicted molar refractivity (Wildman–Crippen MR) is 112 cm³/mol. The van der Waals surface area contributed by atoms with Crippen molar-refractivity contribution >= 4 is 17.9 Å². The fourth-order valence-electron chi connectivity index (χ4n) is 1.73. The summed E-state index contributed by atoms with van der Waals surface area (Å²) in [5.74, 6) is 0. The lowest BCUT2D eigenvalue weighted by Gasteiger charge is -2.25. The van der Waals surface area contributed by atoms with Gasteiger partial charge in [0.25, 0.3) is 0 Å². The minimum Gasteiger partial charge on any atom is -0.380 e. The van der Waals surface area contributed by atoms with Gasteiger partial charge in [0.15, 0.2) is 0 Å². The Morgan fingerprint density at radius 2 is 1.64 bits per heavy atom. The van der Waals surface area contributed by atoms with E-state index in [1.807, 2.05) is 27.8 Å². The Morgan fingerprint density at radius 3 is 1.92 bits per heavy atom. The molecule has 0 aromatic heterocycles. The van der Waals surface area contributed by atoms with E-state index in [1.54, 1.807) is 0 Å². The number of nitroso groups, excluding NO2 is 1. The molecule has 0 aliphatic carbocycles. The largest absolute Gasteiger partial charge is 0.380 e. The molecule has 1 aromatic carbocycles. The molecule has 0 atom stereocenters. The number of anilines is 1. The summed E-state index contributed by atoms with van der Waals surface area (Å²) in [5.41, 5.74) is 1.17. The monoisotopic (exact) mass is 372 g/mol. The lowest BCUT2D eigenvalue weighted by Crippen LogP contribution is -2.29. The highest BCUT2D eigenvalue weighted by Gasteiger charge is 2.27. The third-order valence-corrected chi connectivity index (χ3v) is 3.99. The van der Waals surface area contributed by atoms with Gasteiger partial charge < -0.3 is 15.5 Å². The van der Waals surface area contributed by atoms with Crippen LogP contribution in [0.4, 0.5) is 5.69 Å². The van der Waals surface area contributed by atoms with Crippen LogP contribution >= 0.6 is 12.2 Å². The Hall–Kier alpha value is -1.18. The first kappa shape index (κ1) is 26.1. The summed E-state index contributed by atoms with van der Waals surface area (Å²) in [5, 5.41) is 8.55. The molecule has 25 heavy (non-hydrogen) atoms. The van der Waals surface area contributed by atoms with E-state index >= 15 is 0 Å². The molecule has 6 nitrogen and oxygen atoms in total. The molecule has 0 radical (unpaired) electrons. The van der Waals surface area contributed by atoms with Crippen molar-refractivity contribution in [3.05, 3.63) is 25.2 Å². The number of nitrogens with one attached hydrogen (secondary N) is 2. The van der Waals surface area contributed by atoms with Crippen molar-refractivity contribution in [2.45, 2.75) is 47.0 Å². The maximum Gasteiger partial charge on any atom is 0.220 e. The Bertz CT molecular complexity index is 540. The molecule has 0 unspecified atom stereocenters. The fourth-order valence-corrected chi connectivity index (χ4v) is 2.24. The zero-order valence-electron chi connectivity index (χ0n) is 17.2. The van der Waals surface area contributed by atoms with Crippen molar-refractivity contribution in [3.8, 4) is 0 Å². The third kappa shape index (κ3) is 10.4. The number of hydrogen-bond acceptors (Lipinski definition) is 7. The topological polar surface area (TPSA) is 73.8 Å². The molecule has 0 aliphatic rings. The maximum absolute atomic E-state index is 11.4. The highest BCUT2D eigenvalue weighted by atomic mass is 32.1. The third-order valence-electron chi connectivity index (χ3n) is 3.60. The van der Waals surface area contributed by atoms with Gasteiger partial charge in [-0.05, 0) is 39.1 Å². The van der Waals surface area contributed by atoms with E-state index in [0.717, 1.165) is 25.2 Å². The van der Waals surface area contributed by atoms with E-state index in [1.165, 1.54) is 0 Å². The summed E-state index contributed by atoms with van der Waals surface area (Å²) < 4.78 is 0.407. The second-order valence-corrected chi connectivity index (χ2v) is 7.04. The molecule has 0 heterocycles. The van der Waals surface area contributed by atoms with Crippen LogP contribution in [-0.4, -0.2) is 51.7 Å². The van der Waals surface area contributed by atoms with Gasteiger partial charge in [-0.25, -0.2) is 0 Å². The average molecular weight is 373 g/mol. The van der Waals surface area contributed by atoms with Crippen LogP contribution in [0.1, 0.15) is 47.1 Å². The minimum absolute atomic E-state index is 0.124. The quantitative estimate of drug-likeness (QED) is 0.434. The smallest absolute Gasteiger partial charge is 0.220 e. The van der Waals surface area contributed by atoms with Gasteiger partial charge in [0.1, 0.15) is 0 Å². The van der Waals surface area contributed by atoms with Crippen molar-refractivity contribution in [1.82, 2.24) is 10.2 Å². The van der Waals surface area contributed by atoms with Gasteiger partial charge >= 0.3 is 0 Å². The van der Waals surface area contributed by atoms with Gasteiger partial charge in [-0.15, -0.1) is 0 Å². The van der Waals surface area contributed by atoms with Crippen molar-refractivity contribution in [2.24, 2.45) is 5.18 Å². The van der Waals surface area contributed by atoms with Crippen LogP contribution in [0.15, 0.2) is 9.97 Å². The van der Waals surface area contributed by atoms with Crippen LogP contribution in [0.3, 0.4) is 0 Å². The van der Waals surface area contributed by atoms with E-state index in [0.29, 0.717) is 16.7 Å². The van der Waals surface area contributed by atoms with Crippen LogP contribution < -0.4 is 16.1 Å². The second kappa shape index (κ2) is 14.0. The van der Waals surface area contributed by atoms with Gasteiger partial charge in [0, 0.05) is 12.1 Å². The molecule has 2 N–H and O–H groups in total. The van der Waals surface area contributed by atoms with Crippen molar-refractivity contribution < 1.29 is 0 Å². The molecule has 0 fully saturated rings. The normalized spacial score (nSPS) is 10.6. The maximum atomic E-state index is 11.4. The summed E-state index contributed by atoms with van der Waals surface area (Å²) >= 11 is 5.00. The zero-order valence-corrected chi connectivity index (χ0v) is 18.0. The van der Waals surface area contributed by atoms with E-state index in [9.17, 15) is 9.70 Å². The van der Waals surface area contributed by atoms with Crippen LogP contribution in [0.25, 0.3) is 0 Å².